The topological polar surface area (TPSA) is 8.17 Å². The molecule has 1 aromatic heterocycles. The molecule has 0 aliphatic heterocycles. The highest BCUT2D eigenvalue weighted by molar-refractivity contribution is 6.11. The summed E-state index contributed by atoms with van der Waals surface area (Å²) in [5.41, 5.74) is 14.3. The molecule has 2 aliphatic rings. The number of nitrogens with zero attached hydrogens (tertiary/aromatic N) is 2. The van der Waals surface area contributed by atoms with Gasteiger partial charge in [0.25, 0.3) is 0 Å². The number of anilines is 3. The summed E-state index contributed by atoms with van der Waals surface area (Å²) in [7, 11) is 0. The molecule has 1 heterocycles. The van der Waals surface area contributed by atoms with Crippen LogP contribution in [0.4, 0.5) is 17.1 Å². The molecule has 7 aromatic carbocycles. The molecule has 8 aromatic rings. The largest absolute Gasteiger partial charge is 0.310 e. The summed E-state index contributed by atoms with van der Waals surface area (Å²) in [5.74, 6) is 0. The predicted octanol–water partition coefficient (Wildman–Crippen LogP) is 12.8. The zero-order chi connectivity index (χ0) is 33.8. The van der Waals surface area contributed by atoms with E-state index in [-0.39, 0.29) is 0 Å². The van der Waals surface area contributed by atoms with Crippen molar-refractivity contribution < 1.29 is 0 Å². The Labute approximate surface area is 298 Å². The summed E-state index contributed by atoms with van der Waals surface area (Å²) in [6.07, 6.45) is 9.09. The Kier molecular flexibility index (Phi) is 6.89. The first-order valence-corrected chi connectivity index (χ1v) is 17.9. The van der Waals surface area contributed by atoms with Crippen LogP contribution in [0.25, 0.3) is 38.6 Å². The van der Waals surface area contributed by atoms with Crippen LogP contribution in [0.15, 0.2) is 194 Å². The van der Waals surface area contributed by atoms with E-state index in [1.54, 1.807) is 0 Å². The van der Waals surface area contributed by atoms with E-state index in [1.165, 1.54) is 60.9 Å². The molecule has 0 saturated heterocycles. The van der Waals surface area contributed by atoms with E-state index in [2.05, 4.69) is 204 Å². The highest BCUT2D eigenvalue weighted by atomic mass is 15.1. The highest BCUT2D eigenvalue weighted by Crippen LogP contribution is 2.57. The maximum atomic E-state index is 2.45. The maximum Gasteiger partial charge on any atom is 0.0714 e. The number of rotatable bonds is 6. The second-order valence-corrected chi connectivity index (χ2v) is 13.6. The Morgan fingerprint density at radius 2 is 1.06 bits per heavy atom. The monoisotopic (exact) mass is 652 g/mol. The van der Waals surface area contributed by atoms with Gasteiger partial charge in [-0.2, -0.15) is 0 Å². The van der Waals surface area contributed by atoms with Gasteiger partial charge < -0.3 is 9.47 Å². The van der Waals surface area contributed by atoms with E-state index in [0.29, 0.717) is 0 Å². The van der Waals surface area contributed by atoms with Crippen molar-refractivity contribution in [3.05, 3.63) is 216 Å². The maximum absolute atomic E-state index is 2.45. The van der Waals surface area contributed by atoms with Crippen LogP contribution in [0.5, 0.6) is 0 Å². The second-order valence-electron chi connectivity index (χ2n) is 13.6. The van der Waals surface area contributed by atoms with E-state index >= 15 is 0 Å². The van der Waals surface area contributed by atoms with Gasteiger partial charge in [0.15, 0.2) is 0 Å². The Morgan fingerprint density at radius 1 is 0.451 bits per heavy atom. The third-order valence-electron chi connectivity index (χ3n) is 10.9. The van der Waals surface area contributed by atoms with Crippen LogP contribution < -0.4 is 4.90 Å². The molecule has 0 fully saturated rings. The van der Waals surface area contributed by atoms with Crippen molar-refractivity contribution in [3.8, 4) is 11.1 Å². The van der Waals surface area contributed by atoms with E-state index in [4.69, 9.17) is 0 Å². The molecule has 0 atom stereocenters. The first-order chi connectivity index (χ1) is 25.3. The van der Waals surface area contributed by atoms with Crippen molar-refractivity contribution in [3.63, 3.8) is 0 Å². The summed E-state index contributed by atoms with van der Waals surface area (Å²) < 4.78 is 2.45. The van der Waals surface area contributed by atoms with Crippen molar-refractivity contribution in [2.45, 2.75) is 18.3 Å². The minimum atomic E-state index is -0.469. The number of aromatic nitrogens is 1. The third-order valence-corrected chi connectivity index (χ3v) is 10.9. The Bertz CT molecular complexity index is 2590. The fourth-order valence-electron chi connectivity index (χ4n) is 8.74. The lowest BCUT2D eigenvalue weighted by Gasteiger charge is -2.35. The van der Waals surface area contributed by atoms with Crippen molar-refractivity contribution in [1.82, 2.24) is 4.57 Å². The van der Waals surface area contributed by atoms with Gasteiger partial charge in [0.1, 0.15) is 0 Å². The molecule has 0 N–H and O–H groups in total. The first-order valence-electron chi connectivity index (χ1n) is 17.9. The zero-order valence-corrected chi connectivity index (χ0v) is 28.3. The van der Waals surface area contributed by atoms with Crippen LogP contribution in [0, 0.1) is 0 Å². The molecule has 0 unspecified atom stereocenters. The lowest BCUT2D eigenvalue weighted by Crippen LogP contribution is -2.28. The molecule has 2 aliphatic carbocycles. The summed E-state index contributed by atoms with van der Waals surface area (Å²) in [4.78, 5) is 2.43. The average molecular weight is 653 g/mol. The number of hydrogen-bond donors (Lipinski definition) is 0. The Hall–Kier alpha value is -6.38. The lowest BCUT2D eigenvalue weighted by molar-refractivity contribution is 0.768. The third kappa shape index (κ3) is 4.50. The SMILES string of the molecule is C1=CC(n2c3ccccc3c3ccc(N(c4ccccc4)c4ccc5c(c4)C(c4ccccc4)(c4ccccc4)c4ccccc4-5)cc32)=CCC1. The summed E-state index contributed by atoms with van der Waals surface area (Å²) in [6, 6.07) is 64.8. The Morgan fingerprint density at radius 3 is 1.80 bits per heavy atom. The van der Waals surface area contributed by atoms with Gasteiger partial charge in [-0.05, 0) is 94.8 Å². The lowest BCUT2D eigenvalue weighted by atomic mass is 9.67. The quantitative estimate of drug-likeness (QED) is 0.174. The van der Waals surface area contributed by atoms with E-state index < -0.39 is 5.41 Å². The van der Waals surface area contributed by atoms with E-state index in [1.807, 2.05) is 0 Å². The molecular formula is C49H36N2. The molecule has 0 radical (unpaired) electrons. The van der Waals surface area contributed by atoms with Gasteiger partial charge >= 0.3 is 0 Å². The van der Waals surface area contributed by atoms with E-state index in [9.17, 15) is 0 Å². The fourth-order valence-corrected chi connectivity index (χ4v) is 8.74. The minimum absolute atomic E-state index is 0.469. The summed E-state index contributed by atoms with van der Waals surface area (Å²) >= 11 is 0. The van der Waals surface area contributed by atoms with Crippen LogP contribution in [0.3, 0.4) is 0 Å². The molecule has 2 nitrogen and oxygen atoms in total. The minimum Gasteiger partial charge on any atom is -0.310 e. The van der Waals surface area contributed by atoms with Crippen molar-refractivity contribution in [2.75, 3.05) is 4.90 Å². The molecule has 242 valence electrons. The zero-order valence-electron chi connectivity index (χ0n) is 28.3. The Balaban J connectivity index is 1.24. The normalized spacial score (nSPS) is 14.3. The van der Waals surface area contributed by atoms with Crippen LogP contribution >= 0.6 is 0 Å². The van der Waals surface area contributed by atoms with Gasteiger partial charge in [-0.1, -0.05) is 146 Å². The molecular weight excluding hydrogens is 617 g/mol. The molecule has 0 amide bonds. The van der Waals surface area contributed by atoms with Crippen LogP contribution in [-0.4, -0.2) is 4.57 Å². The molecule has 0 bridgehead atoms. The van der Waals surface area contributed by atoms with Crippen LogP contribution in [0.1, 0.15) is 35.1 Å². The van der Waals surface area contributed by atoms with Crippen LogP contribution in [0.2, 0.25) is 0 Å². The van der Waals surface area contributed by atoms with Gasteiger partial charge in [0.05, 0.1) is 16.4 Å². The fraction of sp³-hybridized carbons (Fsp3) is 0.0612. The summed E-state index contributed by atoms with van der Waals surface area (Å²) in [5, 5.41) is 2.54. The van der Waals surface area contributed by atoms with Gasteiger partial charge in [0.2, 0.25) is 0 Å². The molecule has 2 heteroatoms. The number of fused-ring (bicyclic) bond motifs is 6. The molecule has 10 rings (SSSR count). The predicted molar refractivity (Wildman–Crippen MR) is 214 cm³/mol. The number of allylic oxidation sites excluding steroid dienone is 4. The molecule has 0 saturated carbocycles. The highest BCUT2D eigenvalue weighted by Gasteiger charge is 2.46. The number of para-hydroxylation sites is 2. The standard InChI is InChI=1S/C49H36N2/c1-5-17-35(18-6-1)49(36-19-7-2-8-20-36)45-27-15-13-25-41(45)42-31-29-39(33-46(42)49)50(37-21-9-3-10-22-37)40-30-32-44-43-26-14-16-28-47(43)51(48(44)34-40)38-23-11-4-12-24-38/h1-3,5-11,13-34H,4,12H2. The molecule has 0 spiro atoms. The number of hydrogen-bond acceptors (Lipinski definition) is 1. The molecule has 51 heavy (non-hydrogen) atoms. The van der Waals surface area contributed by atoms with Gasteiger partial charge in [-0.25, -0.2) is 0 Å². The van der Waals surface area contributed by atoms with Crippen molar-refractivity contribution in [2.24, 2.45) is 0 Å². The van der Waals surface area contributed by atoms with Crippen molar-refractivity contribution in [1.29, 1.82) is 0 Å². The van der Waals surface area contributed by atoms with E-state index in [0.717, 1.165) is 29.9 Å². The second kappa shape index (κ2) is 11.9. The summed E-state index contributed by atoms with van der Waals surface area (Å²) in [6.45, 7) is 0. The smallest absolute Gasteiger partial charge is 0.0714 e. The number of benzene rings is 7. The van der Waals surface area contributed by atoms with Gasteiger partial charge in [0, 0.05) is 33.5 Å². The van der Waals surface area contributed by atoms with Gasteiger partial charge in [-0.3, -0.25) is 0 Å². The van der Waals surface area contributed by atoms with Gasteiger partial charge in [-0.15, -0.1) is 0 Å². The average Bonchev–Trinajstić information content (AvgIpc) is 3.70. The first kappa shape index (κ1) is 29.5. The van der Waals surface area contributed by atoms with Crippen LogP contribution in [-0.2, 0) is 5.41 Å². The van der Waals surface area contributed by atoms with Crippen molar-refractivity contribution >= 4 is 44.6 Å².